The van der Waals surface area contributed by atoms with Gasteiger partial charge in [0.25, 0.3) is 0 Å². The lowest BCUT2D eigenvalue weighted by atomic mass is 10.0. The second kappa shape index (κ2) is 37.0. The molecular formula is C41H76O6. The summed E-state index contributed by atoms with van der Waals surface area (Å²) in [6.07, 6.45) is 37.5. The zero-order chi connectivity index (χ0) is 34.5. The second-order valence-corrected chi connectivity index (χ2v) is 13.6. The van der Waals surface area contributed by atoms with Crippen molar-refractivity contribution in [3.8, 4) is 0 Å². The number of hydrogen-bond acceptors (Lipinski definition) is 6. The van der Waals surface area contributed by atoms with Gasteiger partial charge in [0.1, 0.15) is 13.2 Å². The van der Waals surface area contributed by atoms with Crippen LogP contribution in [-0.4, -0.2) is 37.2 Å². The molecule has 0 fully saturated rings. The molecule has 0 aromatic rings. The zero-order valence-corrected chi connectivity index (χ0v) is 31.3. The molecule has 276 valence electrons. The summed E-state index contributed by atoms with van der Waals surface area (Å²) in [6.45, 7) is 6.27. The molecule has 0 aromatic heterocycles. The maximum Gasteiger partial charge on any atom is 0.306 e. The summed E-state index contributed by atoms with van der Waals surface area (Å²) in [5.41, 5.74) is 0. The van der Waals surface area contributed by atoms with Crippen LogP contribution in [0.3, 0.4) is 0 Å². The predicted molar refractivity (Wildman–Crippen MR) is 196 cm³/mol. The van der Waals surface area contributed by atoms with Crippen LogP contribution in [0.2, 0.25) is 0 Å². The van der Waals surface area contributed by atoms with Crippen molar-refractivity contribution in [2.24, 2.45) is 0 Å². The van der Waals surface area contributed by atoms with Crippen molar-refractivity contribution in [2.45, 2.75) is 219 Å². The molecule has 0 rings (SSSR count). The van der Waals surface area contributed by atoms with Crippen LogP contribution in [0.5, 0.6) is 0 Å². The van der Waals surface area contributed by atoms with Crippen molar-refractivity contribution < 1.29 is 28.6 Å². The van der Waals surface area contributed by atoms with Gasteiger partial charge >= 0.3 is 17.9 Å². The van der Waals surface area contributed by atoms with Crippen molar-refractivity contribution in [3.63, 3.8) is 0 Å². The molecule has 0 saturated carbocycles. The lowest BCUT2D eigenvalue weighted by Gasteiger charge is -2.18. The lowest BCUT2D eigenvalue weighted by Crippen LogP contribution is -2.30. The van der Waals surface area contributed by atoms with E-state index in [1.807, 2.05) is 6.92 Å². The maximum atomic E-state index is 12.5. The van der Waals surface area contributed by atoms with E-state index in [1.165, 1.54) is 122 Å². The molecule has 0 aliphatic heterocycles. The highest BCUT2D eigenvalue weighted by Gasteiger charge is 2.19. The monoisotopic (exact) mass is 665 g/mol. The van der Waals surface area contributed by atoms with Gasteiger partial charge in [-0.2, -0.15) is 0 Å². The Morgan fingerprint density at radius 2 is 0.745 bits per heavy atom. The Kier molecular flexibility index (Phi) is 35.5. The Hall–Kier alpha value is -1.85. The number of unbranched alkanes of at least 4 members (excludes halogenated alkanes) is 23. The summed E-state index contributed by atoms with van der Waals surface area (Å²) in [4.78, 5) is 36.7. The van der Waals surface area contributed by atoms with Gasteiger partial charge < -0.3 is 14.2 Å². The Labute approximate surface area is 290 Å². The van der Waals surface area contributed by atoms with Crippen LogP contribution in [0, 0.1) is 0 Å². The van der Waals surface area contributed by atoms with Crippen molar-refractivity contribution in [1.82, 2.24) is 0 Å². The van der Waals surface area contributed by atoms with Crippen molar-refractivity contribution in [2.75, 3.05) is 13.2 Å². The van der Waals surface area contributed by atoms with Crippen LogP contribution >= 0.6 is 0 Å². The summed E-state index contributed by atoms with van der Waals surface area (Å²) in [7, 11) is 0. The van der Waals surface area contributed by atoms with Gasteiger partial charge in [-0.05, 0) is 44.9 Å². The first kappa shape index (κ1) is 45.2. The fraction of sp³-hybridized carbons (Fsp3) is 0.878. The molecule has 0 amide bonds. The van der Waals surface area contributed by atoms with Gasteiger partial charge in [0.15, 0.2) is 6.10 Å². The number of ether oxygens (including phenoxy) is 3. The van der Waals surface area contributed by atoms with Crippen LogP contribution in [0.4, 0.5) is 0 Å². The fourth-order valence-corrected chi connectivity index (χ4v) is 5.71. The van der Waals surface area contributed by atoms with E-state index in [-0.39, 0.29) is 31.1 Å². The van der Waals surface area contributed by atoms with E-state index in [2.05, 4.69) is 26.0 Å². The molecule has 6 heteroatoms. The Balaban J connectivity index is 4.02. The van der Waals surface area contributed by atoms with Crippen molar-refractivity contribution in [1.29, 1.82) is 0 Å². The van der Waals surface area contributed by atoms with E-state index < -0.39 is 6.10 Å². The average molecular weight is 665 g/mol. The van der Waals surface area contributed by atoms with E-state index in [0.29, 0.717) is 25.7 Å². The van der Waals surface area contributed by atoms with Crippen LogP contribution in [0.1, 0.15) is 213 Å². The number of carbonyl (C=O) groups is 3. The van der Waals surface area contributed by atoms with Gasteiger partial charge in [0, 0.05) is 19.3 Å². The smallest absolute Gasteiger partial charge is 0.306 e. The molecule has 0 heterocycles. The Morgan fingerprint density at radius 1 is 0.404 bits per heavy atom. The summed E-state index contributed by atoms with van der Waals surface area (Å²) in [6, 6.07) is 0. The number of rotatable bonds is 36. The van der Waals surface area contributed by atoms with Crippen LogP contribution in [0.15, 0.2) is 12.2 Å². The molecule has 1 atom stereocenters. The number of carbonyl (C=O) groups excluding carboxylic acids is 3. The largest absolute Gasteiger partial charge is 0.462 e. The van der Waals surface area contributed by atoms with Crippen LogP contribution in [-0.2, 0) is 28.6 Å². The molecule has 47 heavy (non-hydrogen) atoms. The molecule has 0 saturated heterocycles. The summed E-state index contributed by atoms with van der Waals surface area (Å²) >= 11 is 0. The lowest BCUT2D eigenvalue weighted by molar-refractivity contribution is -0.167. The molecule has 0 aromatic carbocycles. The molecule has 0 unspecified atom stereocenters. The molecule has 0 aliphatic carbocycles. The summed E-state index contributed by atoms with van der Waals surface area (Å²) < 4.78 is 16.3. The third-order valence-electron chi connectivity index (χ3n) is 8.74. The molecule has 0 bridgehead atoms. The quantitative estimate of drug-likeness (QED) is 0.0287. The predicted octanol–water partition coefficient (Wildman–Crippen LogP) is 12.3. The van der Waals surface area contributed by atoms with E-state index in [1.54, 1.807) is 0 Å². The van der Waals surface area contributed by atoms with Gasteiger partial charge in [0.05, 0.1) is 0 Å². The first-order chi connectivity index (χ1) is 23.0. The Morgan fingerprint density at radius 3 is 1.15 bits per heavy atom. The highest BCUT2D eigenvalue weighted by Crippen LogP contribution is 2.14. The average Bonchev–Trinajstić information content (AvgIpc) is 3.06. The summed E-state index contributed by atoms with van der Waals surface area (Å²) in [5.74, 6) is -0.943. The standard InChI is InChI=1S/C41H76O6/c1-4-7-9-11-13-15-17-19-20-22-24-26-28-30-32-35-41(44)47-38(36-45-39(42)33-6-3)37-46-40(43)34-31-29-27-25-23-21-18-16-14-12-10-8-5-2/h19-20,38H,4-18,21-37H2,1-3H3/b20-19-/t38-/m1/s1. The SMILES string of the molecule is CCCCCCCC/C=C\CCCCCCCC(=O)O[C@H](COC(=O)CCC)COC(=O)CCCCCCCCCCCCCCC. The molecule has 0 N–H and O–H groups in total. The highest BCUT2D eigenvalue weighted by atomic mass is 16.6. The third-order valence-corrected chi connectivity index (χ3v) is 8.74. The van der Waals surface area contributed by atoms with Gasteiger partial charge in [-0.3, -0.25) is 14.4 Å². The first-order valence-corrected chi connectivity index (χ1v) is 20.2. The van der Waals surface area contributed by atoms with Crippen LogP contribution < -0.4 is 0 Å². The molecule has 0 spiro atoms. The number of allylic oxidation sites excluding steroid dienone is 2. The third kappa shape index (κ3) is 35.3. The Bertz CT molecular complexity index is 733. The highest BCUT2D eigenvalue weighted by molar-refractivity contribution is 5.71. The second-order valence-electron chi connectivity index (χ2n) is 13.6. The van der Waals surface area contributed by atoms with Crippen molar-refractivity contribution >= 4 is 17.9 Å². The van der Waals surface area contributed by atoms with Gasteiger partial charge in [-0.1, -0.05) is 161 Å². The summed E-state index contributed by atoms with van der Waals surface area (Å²) in [5, 5.41) is 0. The van der Waals surface area contributed by atoms with E-state index in [9.17, 15) is 14.4 Å². The van der Waals surface area contributed by atoms with E-state index >= 15 is 0 Å². The normalized spacial score (nSPS) is 12.0. The molecule has 6 nitrogen and oxygen atoms in total. The zero-order valence-electron chi connectivity index (χ0n) is 31.3. The maximum absolute atomic E-state index is 12.5. The fourth-order valence-electron chi connectivity index (χ4n) is 5.71. The molecule has 0 aliphatic rings. The minimum absolute atomic E-state index is 0.0746. The van der Waals surface area contributed by atoms with Crippen LogP contribution in [0.25, 0.3) is 0 Å². The van der Waals surface area contributed by atoms with Gasteiger partial charge in [0.2, 0.25) is 0 Å². The number of hydrogen-bond donors (Lipinski definition) is 0. The van der Waals surface area contributed by atoms with Gasteiger partial charge in [-0.15, -0.1) is 0 Å². The number of esters is 3. The molecule has 0 radical (unpaired) electrons. The topological polar surface area (TPSA) is 78.9 Å². The van der Waals surface area contributed by atoms with Crippen molar-refractivity contribution in [3.05, 3.63) is 12.2 Å². The van der Waals surface area contributed by atoms with E-state index in [0.717, 1.165) is 44.9 Å². The van der Waals surface area contributed by atoms with E-state index in [4.69, 9.17) is 14.2 Å². The first-order valence-electron chi connectivity index (χ1n) is 20.2. The van der Waals surface area contributed by atoms with Gasteiger partial charge in [-0.25, -0.2) is 0 Å². The minimum Gasteiger partial charge on any atom is -0.462 e. The minimum atomic E-state index is -0.762. The molecular weight excluding hydrogens is 588 g/mol.